The summed E-state index contributed by atoms with van der Waals surface area (Å²) in [5.41, 5.74) is 1.87. The molecule has 1 aromatic carbocycles. The number of carbonyl (C=O) groups is 1. The molecule has 24 heavy (non-hydrogen) atoms. The quantitative estimate of drug-likeness (QED) is 0.874. The maximum atomic E-state index is 13.7. The van der Waals surface area contributed by atoms with Gasteiger partial charge < -0.3 is 10.6 Å². The summed E-state index contributed by atoms with van der Waals surface area (Å²) in [6.07, 6.45) is 1.18. The summed E-state index contributed by atoms with van der Waals surface area (Å²) in [7, 11) is 0. The molecule has 0 radical (unpaired) electrons. The monoisotopic (exact) mass is 333 g/mol. The van der Waals surface area contributed by atoms with Gasteiger partial charge >= 0.3 is 0 Å². The second-order valence-electron chi connectivity index (χ2n) is 6.81. The summed E-state index contributed by atoms with van der Waals surface area (Å²) >= 11 is 0. The lowest BCUT2D eigenvalue weighted by Gasteiger charge is -2.33. The average molecular weight is 333 g/mol. The van der Waals surface area contributed by atoms with Crippen LogP contribution in [0.2, 0.25) is 0 Å². The van der Waals surface area contributed by atoms with Crippen LogP contribution in [-0.4, -0.2) is 17.8 Å². The maximum Gasteiger partial charge on any atom is 0.196 e. The number of nitrogens with one attached hydrogen (secondary N) is 2. The second kappa shape index (κ2) is 6.34. The van der Waals surface area contributed by atoms with E-state index in [4.69, 9.17) is 0 Å². The topological polar surface area (TPSA) is 53.5 Å². The highest BCUT2D eigenvalue weighted by Gasteiger charge is 2.35. The van der Waals surface area contributed by atoms with Crippen molar-refractivity contribution in [2.45, 2.75) is 45.7 Å². The van der Waals surface area contributed by atoms with E-state index < -0.39 is 17.7 Å². The van der Waals surface area contributed by atoms with E-state index in [9.17, 15) is 13.6 Å². The van der Waals surface area contributed by atoms with Crippen LogP contribution in [0.25, 0.3) is 0 Å². The SMILES string of the molecule is CC1CC(=O)C2=C(C1)NC(NC(C)C)=NC2c1ccc(F)c(F)c1. The van der Waals surface area contributed by atoms with Crippen LogP contribution in [0, 0.1) is 17.6 Å². The zero-order chi connectivity index (χ0) is 17.4. The number of nitrogens with zero attached hydrogens (tertiary/aromatic N) is 1. The molecule has 0 spiro atoms. The first kappa shape index (κ1) is 16.6. The third kappa shape index (κ3) is 3.18. The number of benzene rings is 1. The van der Waals surface area contributed by atoms with E-state index in [0.717, 1.165) is 24.3 Å². The van der Waals surface area contributed by atoms with Gasteiger partial charge in [0.1, 0.15) is 6.04 Å². The highest BCUT2D eigenvalue weighted by molar-refractivity contribution is 6.01. The Morgan fingerprint density at radius 2 is 2.00 bits per heavy atom. The van der Waals surface area contributed by atoms with Crippen molar-refractivity contribution in [3.8, 4) is 0 Å². The summed E-state index contributed by atoms with van der Waals surface area (Å²) < 4.78 is 26.9. The molecule has 0 saturated carbocycles. The van der Waals surface area contributed by atoms with E-state index in [1.165, 1.54) is 6.07 Å². The first-order valence-corrected chi connectivity index (χ1v) is 8.17. The Bertz CT molecular complexity index is 740. The molecule has 1 aliphatic carbocycles. The Labute approximate surface area is 140 Å². The van der Waals surface area contributed by atoms with E-state index >= 15 is 0 Å². The molecular formula is C18H21F2N3O. The summed E-state index contributed by atoms with van der Waals surface area (Å²) in [6, 6.07) is 3.23. The Kier molecular flexibility index (Phi) is 4.39. The van der Waals surface area contributed by atoms with Gasteiger partial charge in [0.25, 0.3) is 0 Å². The average Bonchev–Trinajstić information content (AvgIpc) is 2.48. The first-order chi connectivity index (χ1) is 11.3. The number of hydrogen-bond acceptors (Lipinski definition) is 4. The standard InChI is InChI=1S/C18H21F2N3O/c1-9(2)21-18-22-14-6-10(3)7-15(24)16(14)17(23-18)11-4-5-12(19)13(20)8-11/h4-5,8-10,17H,6-7H2,1-3H3,(H2,21,22,23). The molecule has 2 atom stereocenters. The van der Waals surface area contributed by atoms with Gasteiger partial charge in [0.2, 0.25) is 0 Å². The number of guanidine groups is 1. The van der Waals surface area contributed by atoms with Gasteiger partial charge in [-0.05, 0) is 43.9 Å². The molecule has 1 heterocycles. The number of hydrogen-bond donors (Lipinski definition) is 2. The van der Waals surface area contributed by atoms with Crippen LogP contribution >= 0.6 is 0 Å². The van der Waals surface area contributed by atoms with Crippen LogP contribution in [0.5, 0.6) is 0 Å². The van der Waals surface area contributed by atoms with Crippen LogP contribution in [0.15, 0.2) is 34.5 Å². The van der Waals surface area contributed by atoms with E-state index in [-0.39, 0.29) is 17.7 Å². The Hall–Kier alpha value is -2.24. The molecule has 1 aliphatic heterocycles. The molecule has 2 N–H and O–H groups in total. The van der Waals surface area contributed by atoms with Crippen molar-refractivity contribution in [3.63, 3.8) is 0 Å². The lowest BCUT2D eigenvalue weighted by Crippen LogP contribution is -2.45. The largest absolute Gasteiger partial charge is 0.354 e. The number of carbonyl (C=O) groups excluding carboxylic acids is 1. The van der Waals surface area contributed by atoms with E-state index in [2.05, 4.69) is 15.6 Å². The Morgan fingerprint density at radius 1 is 1.25 bits per heavy atom. The minimum Gasteiger partial charge on any atom is -0.354 e. The minimum absolute atomic E-state index is 0.0123. The highest BCUT2D eigenvalue weighted by Crippen LogP contribution is 2.38. The third-order valence-corrected chi connectivity index (χ3v) is 4.20. The van der Waals surface area contributed by atoms with Crippen LogP contribution < -0.4 is 10.6 Å². The van der Waals surface area contributed by atoms with Crippen LogP contribution in [-0.2, 0) is 4.79 Å². The van der Waals surface area contributed by atoms with E-state index in [1.807, 2.05) is 20.8 Å². The molecule has 0 amide bonds. The van der Waals surface area contributed by atoms with Crippen molar-refractivity contribution < 1.29 is 13.6 Å². The number of Topliss-reactive ketones (excluding diaryl/α,β-unsaturated/α-hetero) is 1. The van der Waals surface area contributed by atoms with Crippen LogP contribution in [0.4, 0.5) is 8.78 Å². The molecule has 0 fully saturated rings. The number of allylic oxidation sites excluding steroid dienone is 1. The molecule has 0 aromatic heterocycles. The maximum absolute atomic E-state index is 13.7. The van der Waals surface area contributed by atoms with E-state index in [0.29, 0.717) is 23.5 Å². The van der Waals surface area contributed by atoms with Crippen molar-refractivity contribution in [1.29, 1.82) is 0 Å². The molecule has 1 aromatic rings. The zero-order valence-corrected chi connectivity index (χ0v) is 14.0. The summed E-state index contributed by atoms with van der Waals surface area (Å²) in [6.45, 7) is 5.99. The summed E-state index contributed by atoms with van der Waals surface area (Å²) in [5, 5.41) is 6.40. The molecule has 0 bridgehead atoms. The van der Waals surface area contributed by atoms with Crippen molar-refractivity contribution in [3.05, 3.63) is 46.7 Å². The smallest absolute Gasteiger partial charge is 0.196 e. The normalized spacial score (nSPS) is 23.8. The number of ketones is 1. The fourth-order valence-corrected chi connectivity index (χ4v) is 3.20. The van der Waals surface area contributed by atoms with Gasteiger partial charge in [-0.3, -0.25) is 4.79 Å². The van der Waals surface area contributed by atoms with Gasteiger partial charge in [-0.15, -0.1) is 0 Å². The zero-order valence-electron chi connectivity index (χ0n) is 14.0. The van der Waals surface area contributed by atoms with Crippen molar-refractivity contribution in [2.24, 2.45) is 10.9 Å². The molecule has 0 saturated heterocycles. The van der Waals surface area contributed by atoms with Crippen molar-refractivity contribution >= 4 is 11.7 Å². The first-order valence-electron chi connectivity index (χ1n) is 8.17. The van der Waals surface area contributed by atoms with Crippen LogP contribution in [0.1, 0.15) is 45.2 Å². The highest BCUT2D eigenvalue weighted by atomic mass is 19.2. The lowest BCUT2D eigenvalue weighted by molar-refractivity contribution is -0.117. The number of halogens is 2. The molecule has 6 heteroatoms. The van der Waals surface area contributed by atoms with E-state index in [1.54, 1.807) is 0 Å². The molecule has 3 rings (SSSR count). The number of aliphatic imine (C=N–C) groups is 1. The summed E-state index contributed by atoms with van der Waals surface area (Å²) in [5.74, 6) is -1.03. The van der Waals surface area contributed by atoms with Crippen LogP contribution in [0.3, 0.4) is 0 Å². The number of rotatable bonds is 2. The van der Waals surface area contributed by atoms with Gasteiger partial charge in [-0.1, -0.05) is 13.0 Å². The second-order valence-corrected chi connectivity index (χ2v) is 6.81. The molecular weight excluding hydrogens is 312 g/mol. The van der Waals surface area contributed by atoms with Gasteiger partial charge in [0, 0.05) is 23.7 Å². The fourth-order valence-electron chi connectivity index (χ4n) is 3.20. The lowest BCUT2D eigenvalue weighted by atomic mass is 9.81. The van der Waals surface area contributed by atoms with Gasteiger partial charge in [0.15, 0.2) is 23.4 Å². The predicted molar refractivity (Wildman–Crippen MR) is 88.4 cm³/mol. The molecule has 128 valence electrons. The Balaban J connectivity index is 2.06. The van der Waals surface area contributed by atoms with Gasteiger partial charge in [-0.2, -0.15) is 0 Å². The molecule has 4 nitrogen and oxygen atoms in total. The van der Waals surface area contributed by atoms with Crippen molar-refractivity contribution in [2.75, 3.05) is 0 Å². The Morgan fingerprint density at radius 3 is 2.67 bits per heavy atom. The summed E-state index contributed by atoms with van der Waals surface area (Å²) in [4.78, 5) is 17.1. The van der Waals surface area contributed by atoms with Crippen molar-refractivity contribution in [1.82, 2.24) is 10.6 Å². The fraction of sp³-hybridized carbons (Fsp3) is 0.444. The molecule has 2 aliphatic rings. The predicted octanol–water partition coefficient (Wildman–Crippen LogP) is 3.22. The van der Waals surface area contributed by atoms with Gasteiger partial charge in [-0.25, -0.2) is 13.8 Å². The molecule has 2 unspecified atom stereocenters. The van der Waals surface area contributed by atoms with Gasteiger partial charge in [0.05, 0.1) is 0 Å². The minimum atomic E-state index is -0.932. The third-order valence-electron chi connectivity index (χ3n) is 4.20.